The van der Waals surface area contributed by atoms with E-state index in [-0.39, 0.29) is 5.75 Å². The smallest absolute Gasteiger partial charge is 0.328 e. The van der Waals surface area contributed by atoms with E-state index in [0.29, 0.717) is 5.92 Å². The van der Waals surface area contributed by atoms with Crippen molar-refractivity contribution in [2.24, 2.45) is 0 Å². The fourth-order valence-electron chi connectivity index (χ4n) is 3.90. The van der Waals surface area contributed by atoms with Crippen molar-refractivity contribution in [3.63, 3.8) is 0 Å². The highest BCUT2D eigenvalue weighted by Crippen LogP contribution is 2.48. The lowest BCUT2D eigenvalue weighted by molar-refractivity contribution is -0.131. The largest absolute Gasteiger partial charge is 0.508 e. The van der Waals surface area contributed by atoms with Gasteiger partial charge in [-0.15, -0.1) is 11.3 Å². The molecule has 0 saturated carbocycles. The van der Waals surface area contributed by atoms with Gasteiger partial charge in [0, 0.05) is 28.9 Å². The van der Waals surface area contributed by atoms with Crippen LogP contribution in [-0.4, -0.2) is 23.2 Å². The summed E-state index contributed by atoms with van der Waals surface area (Å²) in [5.41, 5.74) is 5.40. The second-order valence-corrected chi connectivity index (χ2v) is 9.08. The Hall–Kier alpha value is -3.57. The van der Waals surface area contributed by atoms with E-state index in [0.717, 1.165) is 38.0 Å². The molecule has 1 aromatic heterocycles. The number of phenols is 1. The Kier molecular flexibility index (Phi) is 6.01. The molecule has 32 heavy (non-hydrogen) atoms. The van der Waals surface area contributed by atoms with Crippen LogP contribution in [0.4, 0.5) is 11.4 Å². The Morgan fingerprint density at radius 2 is 1.75 bits per heavy atom. The van der Waals surface area contributed by atoms with Gasteiger partial charge in [0.1, 0.15) is 5.75 Å². The molecule has 5 heteroatoms. The predicted molar refractivity (Wildman–Crippen MR) is 134 cm³/mol. The van der Waals surface area contributed by atoms with Crippen LogP contribution in [0.3, 0.4) is 0 Å². The number of nitrogens with zero attached hydrogens (tertiary/aromatic N) is 1. The molecule has 0 saturated heterocycles. The van der Waals surface area contributed by atoms with Gasteiger partial charge in [0.25, 0.3) is 0 Å². The lowest BCUT2D eigenvalue weighted by atomic mass is 9.95. The number of carboxylic acid groups (broad SMARTS) is 1. The average molecular weight is 444 g/mol. The summed E-state index contributed by atoms with van der Waals surface area (Å²) in [7, 11) is 2.04. The number of benzene rings is 3. The van der Waals surface area contributed by atoms with Crippen molar-refractivity contribution in [2.45, 2.75) is 19.8 Å². The molecule has 0 fully saturated rings. The number of hydrogen-bond acceptors (Lipinski definition) is 4. The zero-order chi connectivity index (χ0) is 22.8. The standard InChI is InChI=1S/C27H25NO3S/c1-17(2)21-6-4-5-7-22(21)27-26(23-14-13-20(29)16-24(23)32-27)28(3)19-11-8-18(9-12-19)10-15-25(30)31/h4-17,29H,1-3H3,(H,30,31). The summed E-state index contributed by atoms with van der Waals surface area (Å²) in [6.07, 6.45) is 2.72. The van der Waals surface area contributed by atoms with E-state index in [1.54, 1.807) is 23.5 Å². The summed E-state index contributed by atoms with van der Waals surface area (Å²) in [5.74, 6) is -0.331. The van der Waals surface area contributed by atoms with Gasteiger partial charge in [0.15, 0.2) is 0 Å². The van der Waals surface area contributed by atoms with E-state index in [2.05, 4.69) is 43.0 Å². The third-order valence-electron chi connectivity index (χ3n) is 5.51. The van der Waals surface area contributed by atoms with Crippen LogP contribution in [0.5, 0.6) is 5.75 Å². The second-order valence-electron chi connectivity index (χ2n) is 8.02. The Labute approximate surface area is 191 Å². The first kappa shape index (κ1) is 21.7. The molecule has 0 radical (unpaired) electrons. The third-order valence-corrected chi connectivity index (χ3v) is 6.68. The molecule has 1 heterocycles. The van der Waals surface area contributed by atoms with E-state index in [4.69, 9.17) is 5.11 Å². The Morgan fingerprint density at radius 3 is 2.44 bits per heavy atom. The SMILES string of the molecule is CC(C)c1ccccc1-c1sc2cc(O)ccc2c1N(C)c1ccc(C=CC(=O)O)cc1. The van der Waals surface area contributed by atoms with E-state index in [9.17, 15) is 9.90 Å². The first-order valence-electron chi connectivity index (χ1n) is 10.4. The van der Waals surface area contributed by atoms with Crippen LogP contribution in [0.1, 0.15) is 30.9 Å². The molecule has 0 aliphatic carbocycles. The molecule has 0 atom stereocenters. The number of rotatable bonds is 6. The number of carboxylic acids is 1. The van der Waals surface area contributed by atoms with Crippen LogP contribution in [0, 0.1) is 0 Å². The number of aromatic hydroxyl groups is 1. The highest BCUT2D eigenvalue weighted by atomic mass is 32.1. The van der Waals surface area contributed by atoms with Crippen LogP contribution in [-0.2, 0) is 4.79 Å². The van der Waals surface area contributed by atoms with Gasteiger partial charge in [-0.05, 0) is 59.0 Å². The summed E-state index contributed by atoms with van der Waals surface area (Å²) in [4.78, 5) is 14.1. The van der Waals surface area contributed by atoms with Crippen LogP contribution < -0.4 is 4.90 Å². The molecule has 4 rings (SSSR count). The Morgan fingerprint density at radius 1 is 1.03 bits per heavy atom. The van der Waals surface area contributed by atoms with Gasteiger partial charge in [-0.1, -0.05) is 50.2 Å². The molecule has 2 N–H and O–H groups in total. The van der Waals surface area contributed by atoms with Crippen molar-refractivity contribution in [3.8, 4) is 16.2 Å². The van der Waals surface area contributed by atoms with Crippen molar-refractivity contribution < 1.29 is 15.0 Å². The maximum absolute atomic E-state index is 10.8. The van der Waals surface area contributed by atoms with Gasteiger partial charge in [-0.2, -0.15) is 0 Å². The maximum atomic E-state index is 10.8. The maximum Gasteiger partial charge on any atom is 0.328 e. The number of phenolic OH excluding ortho intramolecular Hbond substituents is 1. The molecule has 162 valence electrons. The fourth-order valence-corrected chi connectivity index (χ4v) is 5.21. The lowest BCUT2D eigenvalue weighted by Crippen LogP contribution is -2.10. The lowest BCUT2D eigenvalue weighted by Gasteiger charge is -2.22. The molecular formula is C27H25NO3S. The van der Waals surface area contributed by atoms with Crippen LogP contribution in [0.25, 0.3) is 26.6 Å². The molecule has 4 aromatic rings. The summed E-state index contributed by atoms with van der Waals surface area (Å²) in [5, 5.41) is 20.0. The molecule has 3 aromatic carbocycles. The minimum atomic E-state index is -0.965. The van der Waals surface area contributed by atoms with Crippen molar-refractivity contribution in [1.82, 2.24) is 0 Å². The van der Waals surface area contributed by atoms with Crippen molar-refractivity contribution in [2.75, 3.05) is 11.9 Å². The number of aliphatic carboxylic acids is 1. The first-order valence-corrected chi connectivity index (χ1v) is 11.3. The molecule has 0 aliphatic heterocycles. The predicted octanol–water partition coefficient (Wildman–Crippen LogP) is 7.26. The highest BCUT2D eigenvalue weighted by Gasteiger charge is 2.21. The minimum Gasteiger partial charge on any atom is -0.508 e. The molecule has 0 unspecified atom stereocenters. The number of hydrogen-bond donors (Lipinski definition) is 2. The average Bonchev–Trinajstić information content (AvgIpc) is 3.15. The topological polar surface area (TPSA) is 60.8 Å². The number of fused-ring (bicyclic) bond motifs is 1. The monoisotopic (exact) mass is 443 g/mol. The van der Waals surface area contributed by atoms with Crippen LogP contribution in [0.15, 0.2) is 72.8 Å². The van der Waals surface area contributed by atoms with Crippen molar-refractivity contribution in [1.29, 1.82) is 0 Å². The fraction of sp³-hybridized carbons (Fsp3) is 0.148. The van der Waals surface area contributed by atoms with Gasteiger partial charge in [0.2, 0.25) is 0 Å². The van der Waals surface area contributed by atoms with Gasteiger partial charge >= 0.3 is 5.97 Å². The number of carbonyl (C=O) groups is 1. The normalized spacial score (nSPS) is 11.5. The summed E-state index contributed by atoms with van der Waals surface area (Å²) in [6, 6.07) is 21.8. The van der Waals surface area contributed by atoms with E-state index in [1.165, 1.54) is 11.1 Å². The zero-order valence-corrected chi connectivity index (χ0v) is 19.1. The summed E-state index contributed by atoms with van der Waals surface area (Å²) >= 11 is 1.68. The Balaban J connectivity index is 1.86. The zero-order valence-electron chi connectivity index (χ0n) is 18.2. The molecule has 0 aliphatic rings. The number of thiophene rings is 1. The van der Waals surface area contributed by atoms with Crippen molar-refractivity contribution in [3.05, 3.63) is 83.9 Å². The summed E-state index contributed by atoms with van der Waals surface area (Å²) < 4.78 is 1.03. The second kappa shape index (κ2) is 8.89. The van der Waals surface area contributed by atoms with E-state index in [1.807, 2.05) is 43.4 Å². The van der Waals surface area contributed by atoms with Crippen molar-refractivity contribution >= 4 is 44.8 Å². The van der Waals surface area contributed by atoms with Gasteiger partial charge < -0.3 is 15.1 Å². The van der Waals surface area contributed by atoms with Crippen LogP contribution in [0.2, 0.25) is 0 Å². The molecule has 0 amide bonds. The quantitative estimate of drug-likeness (QED) is 0.308. The molecule has 0 bridgehead atoms. The van der Waals surface area contributed by atoms with Gasteiger partial charge in [-0.25, -0.2) is 4.79 Å². The Bertz CT molecular complexity index is 1300. The number of anilines is 2. The minimum absolute atomic E-state index is 0.256. The molecule has 4 nitrogen and oxygen atoms in total. The molecular weight excluding hydrogens is 418 g/mol. The van der Waals surface area contributed by atoms with Gasteiger partial charge in [-0.3, -0.25) is 0 Å². The summed E-state index contributed by atoms with van der Waals surface area (Å²) in [6.45, 7) is 4.40. The first-order chi connectivity index (χ1) is 15.3. The van der Waals surface area contributed by atoms with Crippen LogP contribution >= 0.6 is 11.3 Å². The highest BCUT2D eigenvalue weighted by molar-refractivity contribution is 7.23. The van der Waals surface area contributed by atoms with Gasteiger partial charge in [0.05, 0.1) is 10.6 Å². The van der Waals surface area contributed by atoms with E-state index < -0.39 is 5.97 Å². The molecule has 0 spiro atoms. The third kappa shape index (κ3) is 4.25. The van der Waals surface area contributed by atoms with E-state index >= 15 is 0 Å².